The predicted octanol–water partition coefficient (Wildman–Crippen LogP) is 3.90. The molecular formula is C16H16N2OS. The van der Waals surface area contributed by atoms with Crippen molar-refractivity contribution in [2.75, 3.05) is 0 Å². The second-order valence-electron chi connectivity index (χ2n) is 4.76. The van der Waals surface area contributed by atoms with Crippen LogP contribution in [0.5, 0.6) is 5.75 Å². The topological polar surface area (TPSA) is 48.1 Å². The van der Waals surface area contributed by atoms with E-state index in [9.17, 15) is 0 Å². The number of hydrogen-bond acceptors (Lipinski definition) is 4. The molecule has 0 aliphatic carbocycles. The third-order valence-corrected chi connectivity index (χ3v) is 3.88. The van der Waals surface area contributed by atoms with E-state index in [2.05, 4.69) is 23.2 Å². The van der Waals surface area contributed by atoms with Crippen molar-refractivity contribution < 1.29 is 4.74 Å². The summed E-state index contributed by atoms with van der Waals surface area (Å²) in [5.74, 6) is 0.867. The maximum absolute atomic E-state index is 6.06. The Bertz CT molecular complexity index is 708. The minimum Gasteiger partial charge on any atom is -0.486 e. The number of thiazole rings is 1. The van der Waals surface area contributed by atoms with Gasteiger partial charge in [-0.2, -0.15) is 0 Å². The highest BCUT2D eigenvalue weighted by Gasteiger charge is 2.12. The van der Waals surface area contributed by atoms with Crippen molar-refractivity contribution in [3.05, 3.63) is 58.5 Å². The molecule has 0 radical (unpaired) electrons. The normalized spacial score (nSPS) is 12.5. The van der Waals surface area contributed by atoms with E-state index in [1.54, 1.807) is 11.3 Å². The second-order valence-corrected chi connectivity index (χ2v) is 5.48. The van der Waals surface area contributed by atoms with Crippen LogP contribution in [0.2, 0.25) is 0 Å². The summed E-state index contributed by atoms with van der Waals surface area (Å²) in [5.41, 5.74) is 9.84. The molecule has 0 spiro atoms. The van der Waals surface area contributed by atoms with Crippen LogP contribution >= 0.6 is 11.3 Å². The van der Waals surface area contributed by atoms with Crippen molar-refractivity contribution in [1.29, 1.82) is 0 Å². The highest BCUT2D eigenvalue weighted by atomic mass is 32.1. The molecule has 3 nitrogen and oxygen atoms in total. The van der Waals surface area contributed by atoms with Gasteiger partial charge in [0.15, 0.2) is 0 Å². The molecule has 2 aromatic carbocycles. The molecule has 1 atom stereocenters. The highest BCUT2D eigenvalue weighted by molar-refractivity contribution is 7.07. The Morgan fingerprint density at radius 2 is 2.10 bits per heavy atom. The zero-order chi connectivity index (χ0) is 13.9. The van der Waals surface area contributed by atoms with E-state index in [4.69, 9.17) is 10.5 Å². The summed E-state index contributed by atoms with van der Waals surface area (Å²) in [5, 5.41) is 4.25. The van der Waals surface area contributed by atoms with Crippen LogP contribution < -0.4 is 10.5 Å². The average Bonchev–Trinajstić information content (AvgIpc) is 2.97. The summed E-state index contributed by atoms with van der Waals surface area (Å²) in [6.45, 7) is 2.44. The molecule has 20 heavy (non-hydrogen) atoms. The first kappa shape index (κ1) is 13.1. The van der Waals surface area contributed by atoms with Crippen molar-refractivity contribution in [3.8, 4) is 5.75 Å². The lowest BCUT2D eigenvalue weighted by Crippen LogP contribution is -2.08. The van der Waals surface area contributed by atoms with Crippen LogP contribution in [-0.2, 0) is 6.61 Å². The van der Waals surface area contributed by atoms with Gasteiger partial charge in [0.25, 0.3) is 0 Å². The lowest BCUT2D eigenvalue weighted by molar-refractivity contribution is 0.301. The largest absolute Gasteiger partial charge is 0.486 e. The lowest BCUT2D eigenvalue weighted by Gasteiger charge is -2.16. The molecular weight excluding hydrogens is 268 g/mol. The van der Waals surface area contributed by atoms with Crippen LogP contribution in [0.15, 0.2) is 47.3 Å². The summed E-state index contributed by atoms with van der Waals surface area (Å²) < 4.78 is 6.02. The molecule has 0 fully saturated rings. The second kappa shape index (κ2) is 5.61. The van der Waals surface area contributed by atoms with Gasteiger partial charge < -0.3 is 10.5 Å². The molecule has 0 bridgehead atoms. The number of benzene rings is 2. The highest BCUT2D eigenvalue weighted by Crippen LogP contribution is 2.33. The fraction of sp³-hybridized carbons (Fsp3) is 0.188. The summed E-state index contributed by atoms with van der Waals surface area (Å²) in [4.78, 5) is 4.25. The molecule has 4 heteroatoms. The van der Waals surface area contributed by atoms with Gasteiger partial charge >= 0.3 is 0 Å². The molecule has 1 heterocycles. The fourth-order valence-corrected chi connectivity index (χ4v) is 2.78. The van der Waals surface area contributed by atoms with Crippen molar-refractivity contribution in [2.24, 2.45) is 5.73 Å². The van der Waals surface area contributed by atoms with E-state index in [0.29, 0.717) is 6.61 Å². The van der Waals surface area contributed by atoms with E-state index >= 15 is 0 Å². The molecule has 3 rings (SSSR count). The van der Waals surface area contributed by atoms with Gasteiger partial charge in [-0.3, -0.25) is 0 Å². The molecule has 102 valence electrons. The van der Waals surface area contributed by atoms with E-state index in [1.807, 2.05) is 36.0 Å². The van der Waals surface area contributed by atoms with Crippen LogP contribution in [0, 0.1) is 0 Å². The number of rotatable bonds is 4. The molecule has 3 aromatic rings. The maximum Gasteiger partial charge on any atom is 0.132 e. The van der Waals surface area contributed by atoms with Gasteiger partial charge in [0, 0.05) is 22.4 Å². The number of nitrogens with two attached hydrogens (primary N) is 1. The minimum absolute atomic E-state index is 0.0648. The summed E-state index contributed by atoms with van der Waals surface area (Å²) in [7, 11) is 0. The maximum atomic E-state index is 6.06. The Hall–Kier alpha value is -1.91. The van der Waals surface area contributed by atoms with Crippen molar-refractivity contribution in [3.63, 3.8) is 0 Å². The monoisotopic (exact) mass is 284 g/mol. The molecule has 0 amide bonds. The molecule has 0 aliphatic rings. The molecule has 0 saturated heterocycles. The van der Waals surface area contributed by atoms with E-state index in [0.717, 1.165) is 27.8 Å². The number of fused-ring (bicyclic) bond motifs is 1. The van der Waals surface area contributed by atoms with E-state index in [-0.39, 0.29) is 6.04 Å². The molecule has 0 unspecified atom stereocenters. The quantitative estimate of drug-likeness (QED) is 0.790. The lowest BCUT2D eigenvalue weighted by atomic mass is 10.0. The van der Waals surface area contributed by atoms with Crippen LogP contribution in [-0.4, -0.2) is 4.98 Å². The third-order valence-electron chi connectivity index (χ3n) is 3.25. The Morgan fingerprint density at radius 1 is 1.25 bits per heavy atom. The Labute approximate surface area is 122 Å². The van der Waals surface area contributed by atoms with E-state index < -0.39 is 0 Å². The molecule has 0 saturated carbocycles. The van der Waals surface area contributed by atoms with Gasteiger partial charge in [0.1, 0.15) is 12.4 Å². The van der Waals surface area contributed by atoms with Crippen molar-refractivity contribution >= 4 is 22.1 Å². The minimum atomic E-state index is -0.0648. The molecule has 2 N–H and O–H groups in total. The first-order chi connectivity index (χ1) is 9.75. The zero-order valence-electron chi connectivity index (χ0n) is 11.2. The van der Waals surface area contributed by atoms with Crippen molar-refractivity contribution in [1.82, 2.24) is 4.98 Å². The summed E-state index contributed by atoms with van der Waals surface area (Å²) >= 11 is 1.57. The first-order valence-corrected chi connectivity index (χ1v) is 7.47. The average molecular weight is 284 g/mol. The SMILES string of the molecule is C[C@@H](N)c1ccc2ccccc2c1OCc1cscn1. The Balaban J connectivity index is 2.03. The Morgan fingerprint density at radius 3 is 2.85 bits per heavy atom. The third kappa shape index (κ3) is 2.53. The predicted molar refractivity (Wildman–Crippen MR) is 83.0 cm³/mol. The van der Waals surface area contributed by atoms with Crippen LogP contribution in [0.1, 0.15) is 24.2 Å². The van der Waals surface area contributed by atoms with E-state index in [1.165, 1.54) is 0 Å². The van der Waals surface area contributed by atoms with Gasteiger partial charge in [0.05, 0.1) is 11.2 Å². The van der Waals surface area contributed by atoms with Crippen LogP contribution in [0.3, 0.4) is 0 Å². The molecule has 0 aliphatic heterocycles. The van der Waals surface area contributed by atoms with Gasteiger partial charge in [-0.15, -0.1) is 11.3 Å². The van der Waals surface area contributed by atoms with Gasteiger partial charge in [-0.05, 0) is 12.3 Å². The van der Waals surface area contributed by atoms with Crippen LogP contribution in [0.4, 0.5) is 0 Å². The number of ether oxygens (including phenoxy) is 1. The van der Waals surface area contributed by atoms with Gasteiger partial charge in [-0.1, -0.05) is 36.4 Å². The number of aromatic nitrogens is 1. The summed E-state index contributed by atoms with van der Waals surface area (Å²) in [6, 6.07) is 12.3. The molecule has 1 aromatic heterocycles. The smallest absolute Gasteiger partial charge is 0.132 e. The zero-order valence-corrected chi connectivity index (χ0v) is 12.1. The first-order valence-electron chi connectivity index (χ1n) is 6.53. The summed E-state index contributed by atoms with van der Waals surface area (Å²) in [6.07, 6.45) is 0. The number of hydrogen-bond donors (Lipinski definition) is 1. The standard InChI is InChI=1S/C16H16N2OS/c1-11(17)14-7-6-12-4-2-3-5-15(12)16(14)19-8-13-9-20-10-18-13/h2-7,9-11H,8,17H2,1H3/t11-/m1/s1. The van der Waals surface area contributed by atoms with Crippen molar-refractivity contribution in [2.45, 2.75) is 19.6 Å². The van der Waals surface area contributed by atoms with Gasteiger partial charge in [0.2, 0.25) is 0 Å². The van der Waals surface area contributed by atoms with Crippen LogP contribution in [0.25, 0.3) is 10.8 Å². The Kier molecular flexibility index (Phi) is 3.67. The fourth-order valence-electron chi connectivity index (χ4n) is 2.23. The van der Waals surface area contributed by atoms with Gasteiger partial charge in [-0.25, -0.2) is 4.98 Å². The number of nitrogens with zero attached hydrogens (tertiary/aromatic N) is 1.